The molecule has 35 heavy (non-hydrogen) atoms. The molecule has 6 aromatic rings. The molecule has 0 saturated heterocycles. The molecule has 0 aliphatic rings. The van der Waals surface area contributed by atoms with Gasteiger partial charge in [-0.2, -0.15) is 4.52 Å². The number of hydrogen-bond donors (Lipinski definition) is 1. The molecule has 0 unspecified atom stereocenters. The van der Waals surface area contributed by atoms with Crippen LogP contribution in [-0.2, 0) is 0 Å². The van der Waals surface area contributed by atoms with Crippen molar-refractivity contribution in [2.75, 3.05) is 12.4 Å². The molecule has 2 aromatic heterocycles. The summed E-state index contributed by atoms with van der Waals surface area (Å²) in [6.07, 6.45) is 0. The number of anilines is 2. The van der Waals surface area contributed by atoms with Crippen LogP contribution in [0, 0.1) is 0 Å². The van der Waals surface area contributed by atoms with E-state index in [9.17, 15) is 0 Å². The summed E-state index contributed by atoms with van der Waals surface area (Å²) in [7, 11) is 1.67. The molecule has 0 radical (unpaired) electrons. The number of aromatic nitrogens is 2. The topological polar surface area (TPSA) is 51.7 Å². The monoisotopic (exact) mass is 457 g/mol. The minimum absolute atomic E-state index is 0.428. The number of rotatable bonds is 6. The Balaban J connectivity index is 1.65. The molecule has 4 aromatic carbocycles. The van der Waals surface area contributed by atoms with Gasteiger partial charge >= 0.3 is 6.01 Å². The van der Waals surface area contributed by atoms with Crippen LogP contribution in [0.4, 0.5) is 11.7 Å². The van der Waals surface area contributed by atoms with Crippen LogP contribution in [0.25, 0.3) is 39.2 Å². The van der Waals surface area contributed by atoms with E-state index in [0.29, 0.717) is 11.7 Å². The lowest BCUT2D eigenvalue weighted by atomic mass is 9.94. The summed E-state index contributed by atoms with van der Waals surface area (Å²) < 4.78 is 13.7. The van der Waals surface area contributed by atoms with Gasteiger partial charge in [0.2, 0.25) is 5.71 Å². The highest BCUT2D eigenvalue weighted by atomic mass is 16.5. The summed E-state index contributed by atoms with van der Waals surface area (Å²) in [5, 5.41) is 8.16. The van der Waals surface area contributed by atoms with Crippen molar-refractivity contribution in [3.8, 4) is 39.3 Å². The van der Waals surface area contributed by atoms with Crippen LogP contribution in [0.3, 0.4) is 0 Å². The van der Waals surface area contributed by atoms with Crippen molar-refractivity contribution in [3.05, 3.63) is 115 Å². The fraction of sp³-hybridized carbons (Fsp3) is 0.0333. The van der Waals surface area contributed by atoms with Gasteiger partial charge in [0.05, 0.1) is 18.4 Å². The SMILES string of the molecule is COc1ccc(-c2c(-c3ccccc3)c(-c3ccccc3)c3oc(Nc4ccccc4)nn23)cc1. The molecule has 6 rings (SSSR count). The molecule has 1 N–H and O–H groups in total. The van der Waals surface area contributed by atoms with Gasteiger partial charge in [0.25, 0.3) is 0 Å². The molecule has 0 aliphatic heterocycles. The van der Waals surface area contributed by atoms with E-state index in [4.69, 9.17) is 14.3 Å². The fourth-order valence-electron chi connectivity index (χ4n) is 4.40. The Morgan fingerprint density at radius 1 is 0.657 bits per heavy atom. The molecule has 5 heteroatoms. The molecule has 0 amide bonds. The Morgan fingerprint density at radius 2 is 1.23 bits per heavy atom. The second-order valence-electron chi connectivity index (χ2n) is 8.17. The smallest absolute Gasteiger partial charge is 0.318 e. The van der Waals surface area contributed by atoms with Crippen LogP contribution in [-0.4, -0.2) is 16.7 Å². The van der Waals surface area contributed by atoms with Crippen LogP contribution < -0.4 is 10.1 Å². The molecule has 0 saturated carbocycles. The summed E-state index contributed by atoms with van der Waals surface area (Å²) in [6.45, 7) is 0. The van der Waals surface area contributed by atoms with Gasteiger partial charge in [-0.3, -0.25) is 0 Å². The van der Waals surface area contributed by atoms with E-state index in [1.807, 2.05) is 71.2 Å². The van der Waals surface area contributed by atoms with E-state index >= 15 is 0 Å². The van der Waals surface area contributed by atoms with Crippen molar-refractivity contribution in [2.24, 2.45) is 0 Å². The van der Waals surface area contributed by atoms with Crippen LogP contribution in [0.1, 0.15) is 0 Å². The molecule has 5 nitrogen and oxygen atoms in total. The number of benzene rings is 4. The number of fused-ring (bicyclic) bond motifs is 1. The molecular weight excluding hydrogens is 434 g/mol. The normalized spacial score (nSPS) is 11.0. The lowest BCUT2D eigenvalue weighted by molar-refractivity contribution is 0.415. The number of hydrogen-bond acceptors (Lipinski definition) is 4. The maximum absolute atomic E-state index is 6.38. The second-order valence-corrected chi connectivity index (χ2v) is 8.17. The lowest BCUT2D eigenvalue weighted by Crippen LogP contribution is -1.94. The molecule has 0 bridgehead atoms. The number of para-hydroxylation sites is 1. The van der Waals surface area contributed by atoms with Crippen LogP contribution >= 0.6 is 0 Å². The Bertz CT molecular complexity index is 1570. The minimum atomic E-state index is 0.428. The van der Waals surface area contributed by atoms with Crippen molar-refractivity contribution in [1.29, 1.82) is 0 Å². The van der Waals surface area contributed by atoms with E-state index in [1.54, 1.807) is 7.11 Å². The van der Waals surface area contributed by atoms with Gasteiger partial charge in [-0.1, -0.05) is 78.9 Å². The van der Waals surface area contributed by atoms with E-state index in [1.165, 1.54) is 0 Å². The van der Waals surface area contributed by atoms with Crippen LogP contribution in [0.2, 0.25) is 0 Å². The first-order chi connectivity index (χ1) is 17.3. The van der Waals surface area contributed by atoms with Crippen LogP contribution in [0.15, 0.2) is 120 Å². The maximum atomic E-state index is 6.38. The first-order valence-corrected chi connectivity index (χ1v) is 11.4. The fourth-order valence-corrected chi connectivity index (χ4v) is 4.40. The Labute approximate surface area is 203 Å². The third-order valence-electron chi connectivity index (χ3n) is 6.00. The van der Waals surface area contributed by atoms with Gasteiger partial charge in [-0.15, -0.1) is 5.10 Å². The second kappa shape index (κ2) is 8.88. The molecule has 0 aliphatic carbocycles. The van der Waals surface area contributed by atoms with E-state index in [0.717, 1.165) is 44.9 Å². The Kier molecular flexibility index (Phi) is 5.28. The van der Waals surface area contributed by atoms with Crippen LogP contribution in [0.5, 0.6) is 5.75 Å². The number of methoxy groups -OCH3 is 1. The standard InChI is InChI=1S/C30H23N3O2/c1-34-25-19-17-23(18-20-25)28-26(21-11-5-2-6-12-21)27(22-13-7-3-8-14-22)29-33(28)32-30(35-29)31-24-15-9-4-10-16-24/h2-20H,1H3,(H,31,32). The lowest BCUT2D eigenvalue weighted by Gasteiger charge is -2.10. The maximum Gasteiger partial charge on any atom is 0.318 e. The van der Waals surface area contributed by atoms with Gasteiger partial charge < -0.3 is 14.5 Å². The predicted molar refractivity (Wildman–Crippen MR) is 140 cm³/mol. The molecule has 0 atom stereocenters. The molecular formula is C30H23N3O2. The third-order valence-corrected chi connectivity index (χ3v) is 6.00. The summed E-state index contributed by atoms with van der Waals surface area (Å²) in [4.78, 5) is 0. The zero-order valence-electron chi connectivity index (χ0n) is 19.2. The first-order valence-electron chi connectivity index (χ1n) is 11.4. The van der Waals surface area contributed by atoms with Crippen molar-refractivity contribution in [1.82, 2.24) is 9.61 Å². The summed E-state index contributed by atoms with van der Waals surface area (Å²) in [5.41, 5.74) is 7.78. The highest BCUT2D eigenvalue weighted by Gasteiger charge is 2.26. The van der Waals surface area contributed by atoms with Crippen molar-refractivity contribution in [3.63, 3.8) is 0 Å². The number of nitrogens with zero attached hydrogens (tertiary/aromatic N) is 2. The van der Waals surface area contributed by atoms with Crippen molar-refractivity contribution >= 4 is 17.4 Å². The van der Waals surface area contributed by atoms with E-state index < -0.39 is 0 Å². The largest absolute Gasteiger partial charge is 0.497 e. The Hall–Kier alpha value is -4.77. The molecule has 0 fully saturated rings. The Morgan fingerprint density at radius 3 is 1.83 bits per heavy atom. The molecule has 0 spiro atoms. The highest BCUT2D eigenvalue weighted by molar-refractivity contribution is 6.01. The van der Waals surface area contributed by atoms with Gasteiger partial charge in [0.1, 0.15) is 5.75 Å². The predicted octanol–water partition coefficient (Wildman–Crippen LogP) is 7.68. The van der Waals surface area contributed by atoms with Gasteiger partial charge in [0, 0.05) is 16.8 Å². The van der Waals surface area contributed by atoms with Crippen molar-refractivity contribution in [2.45, 2.75) is 0 Å². The van der Waals surface area contributed by atoms with Gasteiger partial charge in [0.15, 0.2) is 0 Å². The first kappa shape index (κ1) is 20.8. The van der Waals surface area contributed by atoms with Gasteiger partial charge in [-0.25, -0.2) is 0 Å². The quantitative estimate of drug-likeness (QED) is 0.279. The summed E-state index contributed by atoms with van der Waals surface area (Å²) in [5.74, 6) is 0.803. The van der Waals surface area contributed by atoms with E-state index in [-0.39, 0.29) is 0 Å². The molecule has 170 valence electrons. The average molecular weight is 458 g/mol. The summed E-state index contributed by atoms with van der Waals surface area (Å²) >= 11 is 0. The minimum Gasteiger partial charge on any atom is -0.497 e. The summed E-state index contributed by atoms with van der Waals surface area (Å²) in [6, 6.07) is 39.1. The zero-order chi connectivity index (χ0) is 23.6. The number of nitrogens with one attached hydrogen (secondary N) is 1. The van der Waals surface area contributed by atoms with E-state index in [2.05, 4.69) is 53.8 Å². The highest BCUT2D eigenvalue weighted by Crippen LogP contribution is 2.45. The molecule has 2 heterocycles. The number of ether oxygens (including phenoxy) is 1. The average Bonchev–Trinajstić information content (AvgIpc) is 3.46. The van der Waals surface area contributed by atoms with Gasteiger partial charge in [-0.05, 0) is 47.5 Å². The zero-order valence-corrected chi connectivity index (χ0v) is 19.2. The van der Waals surface area contributed by atoms with Crippen molar-refractivity contribution < 1.29 is 9.15 Å². The third kappa shape index (κ3) is 3.83.